The number of carbonyl (C=O) groups is 1. The highest BCUT2D eigenvalue weighted by atomic mass is 16.7. The van der Waals surface area contributed by atoms with E-state index in [0.717, 1.165) is 5.57 Å². The average Bonchev–Trinajstić information content (AvgIpc) is 3.08. The van der Waals surface area contributed by atoms with Crippen LogP contribution in [0.2, 0.25) is 0 Å². The van der Waals surface area contributed by atoms with E-state index in [-0.39, 0.29) is 53.9 Å². The molecule has 4 rings (SSSR count). The highest BCUT2D eigenvalue weighted by Crippen LogP contribution is 2.47. The Kier molecular flexibility index (Phi) is 4.30. The number of rotatable bonds is 3. The van der Waals surface area contributed by atoms with E-state index >= 15 is 0 Å². The van der Waals surface area contributed by atoms with Gasteiger partial charge in [0.05, 0.1) is 5.92 Å². The number of ether oxygens (including phenoxy) is 3. The number of benzene rings is 2. The first-order valence-electron chi connectivity index (χ1n) is 8.87. The Labute approximate surface area is 161 Å². The molecule has 0 amide bonds. The summed E-state index contributed by atoms with van der Waals surface area (Å²) < 4.78 is 16.2. The van der Waals surface area contributed by atoms with Crippen molar-refractivity contribution in [3.05, 3.63) is 46.5 Å². The van der Waals surface area contributed by atoms with Gasteiger partial charge in [-0.2, -0.15) is 0 Å². The SMILES string of the molecule is CC(C)=CCc1c(O)cc2c(c1O)C(=O)[C@H](c1cc3c(cc1O)OCO3)CO2. The standard InChI is InChI=1S/C21H20O7/c1-10(2)3-4-11-14(22)7-18-19(20(11)24)21(25)13(8-26-18)12-5-16-17(6-15(12)23)28-9-27-16/h3,5-7,13,22-24H,4,8-9H2,1-2H3/t13-/m0/s1. The predicted molar refractivity (Wildman–Crippen MR) is 99.7 cm³/mol. The second kappa shape index (κ2) is 6.67. The Morgan fingerprint density at radius 3 is 2.43 bits per heavy atom. The molecule has 0 radical (unpaired) electrons. The summed E-state index contributed by atoms with van der Waals surface area (Å²) in [5.74, 6) is -0.809. The molecule has 0 aromatic heterocycles. The van der Waals surface area contributed by atoms with E-state index in [1.165, 1.54) is 12.1 Å². The van der Waals surface area contributed by atoms with Gasteiger partial charge in [0.25, 0.3) is 0 Å². The summed E-state index contributed by atoms with van der Waals surface area (Å²) in [6, 6.07) is 4.30. The molecule has 2 aliphatic rings. The van der Waals surface area contributed by atoms with E-state index < -0.39 is 11.7 Å². The molecule has 7 nitrogen and oxygen atoms in total. The van der Waals surface area contributed by atoms with Gasteiger partial charge >= 0.3 is 0 Å². The van der Waals surface area contributed by atoms with Gasteiger partial charge in [0.15, 0.2) is 17.3 Å². The summed E-state index contributed by atoms with van der Waals surface area (Å²) in [6.07, 6.45) is 2.12. The first-order valence-corrected chi connectivity index (χ1v) is 8.87. The van der Waals surface area contributed by atoms with Crippen LogP contribution in [0.5, 0.6) is 34.5 Å². The maximum atomic E-state index is 13.2. The second-order valence-electron chi connectivity index (χ2n) is 7.07. The van der Waals surface area contributed by atoms with Crippen LogP contribution in [0.15, 0.2) is 29.8 Å². The molecule has 2 aromatic rings. The number of aromatic hydroxyl groups is 3. The lowest BCUT2D eigenvalue weighted by Crippen LogP contribution is -2.26. The molecule has 2 aromatic carbocycles. The van der Waals surface area contributed by atoms with E-state index in [4.69, 9.17) is 14.2 Å². The number of Topliss-reactive ketones (excluding diaryl/α,β-unsaturated/α-hetero) is 1. The number of hydrogen-bond acceptors (Lipinski definition) is 7. The predicted octanol–water partition coefficient (Wildman–Crippen LogP) is 3.40. The van der Waals surface area contributed by atoms with Crippen molar-refractivity contribution >= 4 is 5.78 Å². The smallest absolute Gasteiger partial charge is 0.231 e. The minimum absolute atomic E-state index is 0.00303. The number of fused-ring (bicyclic) bond motifs is 2. The number of hydrogen-bond donors (Lipinski definition) is 3. The van der Waals surface area contributed by atoms with Crippen LogP contribution in [0.25, 0.3) is 0 Å². The van der Waals surface area contributed by atoms with Gasteiger partial charge in [-0.1, -0.05) is 11.6 Å². The normalized spacial score (nSPS) is 17.1. The minimum atomic E-state index is -0.825. The highest BCUT2D eigenvalue weighted by Gasteiger charge is 2.36. The summed E-state index contributed by atoms with van der Waals surface area (Å²) >= 11 is 0. The maximum absolute atomic E-state index is 13.2. The fourth-order valence-electron chi connectivity index (χ4n) is 3.41. The lowest BCUT2D eigenvalue weighted by molar-refractivity contribution is 0.0889. The first-order chi connectivity index (χ1) is 13.4. The molecule has 146 valence electrons. The van der Waals surface area contributed by atoms with Crippen LogP contribution in [-0.4, -0.2) is 34.5 Å². The van der Waals surface area contributed by atoms with Crippen LogP contribution in [0.1, 0.15) is 41.3 Å². The fourth-order valence-corrected chi connectivity index (χ4v) is 3.41. The van der Waals surface area contributed by atoms with E-state index in [0.29, 0.717) is 17.1 Å². The molecule has 0 fully saturated rings. The molecule has 0 aliphatic carbocycles. The van der Waals surface area contributed by atoms with Gasteiger partial charge in [-0.3, -0.25) is 4.79 Å². The van der Waals surface area contributed by atoms with Crippen molar-refractivity contribution in [1.29, 1.82) is 0 Å². The molecule has 0 saturated heterocycles. The zero-order chi connectivity index (χ0) is 20.0. The van der Waals surface area contributed by atoms with Crippen LogP contribution in [0.3, 0.4) is 0 Å². The summed E-state index contributed by atoms with van der Waals surface area (Å²) in [5.41, 5.74) is 1.61. The molecule has 2 aliphatic heterocycles. The van der Waals surface area contributed by atoms with Gasteiger partial charge in [-0.05, 0) is 26.3 Å². The topological polar surface area (TPSA) is 105 Å². The third-order valence-corrected chi connectivity index (χ3v) is 4.93. The third-order valence-electron chi connectivity index (χ3n) is 4.93. The largest absolute Gasteiger partial charge is 0.507 e. The summed E-state index contributed by atoms with van der Waals surface area (Å²) in [5, 5.41) is 31.3. The van der Waals surface area contributed by atoms with E-state index in [2.05, 4.69) is 0 Å². The zero-order valence-electron chi connectivity index (χ0n) is 15.5. The fraction of sp³-hybridized carbons (Fsp3) is 0.286. The molecule has 0 unspecified atom stereocenters. The summed E-state index contributed by atoms with van der Waals surface area (Å²) in [4.78, 5) is 13.2. The second-order valence-corrected chi connectivity index (χ2v) is 7.07. The van der Waals surface area contributed by atoms with Crippen molar-refractivity contribution in [2.45, 2.75) is 26.2 Å². The molecule has 3 N–H and O–H groups in total. The van der Waals surface area contributed by atoms with E-state index in [1.54, 1.807) is 6.07 Å². The zero-order valence-corrected chi connectivity index (χ0v) is 15.5. The van der Waals surface area contributed by atoms with Crippen LogP contribution in [-0.2, 0) is 6.42 Å². The maximum Gasteiger partial charge on any atom is 0.231 e. The third kappa shape index (κ3) is 2.89. The molecule has 1 atom stereocenters. The van der Waals surface area contributed by atoms with Crippen molar-refractivity contribution in [1.82, 2.24) is 0 Å². The van der Waals surface area contributed by atoms with Gasteiger partial charge in [-0.25, -0.2) is 0 Å². The number of phenolic OH excluding ortho intramolecular Hbond substituents is 3. The number of carbonyl (C=O) groups excluding carboxylic acids is 1. The average molecular weight is 384 g/mol. The van der Waals surface area contributed by atoms with Crippen LogP contribution in [0.4, 0.5) is 0 Å². The van der Waals surface area contributed by atoms with Crippen LogP contribution in [0, 0.1) is 0 Å². The van der Waals surface area contributed by atoms with Crippen molar-refractivity contribution in [3.63, 3.8) is 0 Å². The van der Waals surface area contributed by atoms with Gasteiger partial charge in [0, 0.05) is 23.3 Å². The lowest BCUT2D eigenvalue weighted by atomic mass is 9.86. The minimum Gasteiger partial charge on any atom is -0.507 e. The molecular formula is C21H20O7. The van der Waals surface area contributed by atoms with E-state index in [1.807, 2.05) is 19.9 Å². The molecule has 0 bridgehead atoms. The van der Waals surface area contributed by atoms with Crippen molar-refractivity contribution in [3.8, 4) is 34.5 Å². The number of phenols is 3. The van der Waals surface area contributed by atoms with Gasteiger partial charge < -0.3 is 29.5 Å². The van der Waals surface area contributed by atoms with Crippen LogP contribution >= 0.6 is 0 Å². The molecule has 7 heteroatoms. The van der Waals surface area contributed by atoms with Gasteiger partial charge in [-0.15, -0.1) is 0 Å². The Bertz CT molecular complexity index is 1000. The monoisotopic (exact) mass is 384 g/mol. The van der Waals surface area contributed by atoms with Crippen molar-refractivity contribution in [2.75, 3.05) is 13.4 Å². The molecule has 0 spiro atoms. The Morgan fingerprint density at radius 2 is 1.71 bits per heavy atom. The van der Waals surface area contributed by atoms with Crippen molar-refractivity contribution < 1.29 is 34.3 Å². The Hall–Kier alpha value is -3.35. The quantitative estimate of drug-likeness (QED) is 0.697. The van der Waals surface area contributed by atoms with Gasteiger partial charge in [0.2, 0.25) is 6.79 Å². The first kappa shape index (κ1) is 18.0. The van der Waals surface area contributed by atoms with Crippen LogP contribution < -0.4 is 14.2 Å². The summed E-state index contributed by atoms with van der Waals surface area (Å²) in [7, 11) is 0. The summed E-state index contributed by atoms with van der Waals surface area (Å²) in [6.45, 7) is 3.81. The molecule has 2 heterocycles. The lowest BCUT2D eigenvalue weighted by Gasteiger charge is -2.26. The molecule has 28 heavy (non-hydrogen) atoms. The Morgan fingerprint density at radius 1 is 1.04 bits per heavy atom. The van der Waals surface area contributed by atoms with Gasteiger partial charge in [0.1, 0.15) is 35.2 Å². The van der Waals surface area contributed by atoms with E-state index in [9.17, 15) is 20.1 Å². The Balaban J connectivity index is 1.76. The highest BCUT2D eigenvalue weighted by molar-refractivity contribution is 6.07. The number of allylic oxidation sites excluding steroid dienone is 2. The van der Waals surface area contributed by atoms with Crippen molar-refractivity contribution in [2.24, 2.45) is 0 Å². The number of ketones is 1. The molecular weight excluding hydrogens is 364 g/mol. The molecule has 0 saturated carbocycles.